The first kappa shape index (κ1) is 8.73. The molecule has 1 heterocycles. The van der Waals surface area contributed by atoms with Gasteiger partial charge < -0.3 is 0 Å². The van der Waals surface area contributed by atoms with Gasteiger partial charge in [0.1, 0.15) is 0 Å². The lowest BCUT2D eigenvalue weighted by Gasteiger charge is -2.05. The van der Waals surface area contributed by atoms with Gasteiger partial charge in [-0.15, -0.1) is 0 Å². The fourth-order valence-corrected chi connectivity index (χ4v) is 1.24. The summed E-state index contributed by atoms with van der Waals surface area (Å²) in [5.74, 6) is 0. The molecule has 2 nitrogen and oxygen atoms in total. The molecule has 0 fully saturated rings. The van der Waals surface area contributed by atoms with E-state index in [1.54, 1.807) is 6.20 Å². The quantitative estimate of drug-likeness (QED) is 0.663. The van der Waals surface area contributed by atoms with E-state index in [4.69, 9.17) is 5.26 Å². The summed E-state index contributed by atoms with van der Waals surface area (Å²) in [5.41, 5.74) is 3.51. The molecule has 0 spiro atoms. The van der Waals surface area contributed by atoms with E-state index < -0.39 is 0 Å². The van der Waals surface area contributed by atoms with E-state index in [0.717, 1.165) is 12.0 Å². The van der Waals surface area contributed by atoms with Crippen LogP contribution in [0.3, 0.4) is 0 Å². The number of nitrogens with zero attached hydrogens (tertiary/aromatic N) is 2. The van der Waals surface area contributed by atoms with E-state index in [0.29, 0.717) is 6.42 Å². The fraction of sp³-hybridized carbons (Fsp3) is 0.400. The molecule has 2 heteroatoms. The second kappa shape index (κ2) is 3.87. The Labute approximate surface area is 72.9 Å². The molecule has 0 amide bonds. The molecule has 62 valence electrons. The number of rotatable bonds is 2. The third-order valence-corrected chi connectivity index (χ3v) is 2.07. The van der Waals surface area contributed by atoms with Crippen LogP contribution in [-0.2, 0) is 12.8 Å². The van der Waals surface area contributed by atoms with E-state index in [1.807, 2.05) is 13.1 Å². The second-order valence-corrected chi connectivity index (χ2v) is 2.77. The third-order valence-electron chi connectivity index (χ3n) is 2.07. The molecule has 0 N–H and O–H groups in total. The van der Waals surface area contributed by atoms with Crippen molar-refractivity contribution >= 4 is 0 Å². The average Bonchev–Trinajstić information content (AvgIpc) is 2.09. The van der Waals surface area contributed by atoms with Crippen molar-refractivity contribution in [3.8, 4) is 6.07 Å². The van der Waals surface area contributed by atoms with Crippen molar-refractivity contribution in [1.29, 1.82) is 5.26 Å². The van der Waals surface area contributed by atoms with Crippen LogP contribution in [0.1, 0.15) is 23.6 Å². The summed E-state index contributed by atoms with van der Waals surface area (Å²) >= 11 is 0. The van der Waals surface area contributed by atoms with Gasteiger partial charge in [0.15, 0.2) is 0 Å². The molecule has 0 unspecified atom stereocenters. The van der Waals surface area contributed by atoms with Crippen LogP contribution in [0.4, 0.5) is 0 Å². The van der Waals surface area contributed by atoms with Crippen LogP contribution < -0.4 is 0 Å². The number of pyridine rings is 1. The molecule has 0 aromatic carbocycles. The highest BCUT2D eigenvalue weighted by Crippen LogP contribution is 2.12. The van der Waals surface area contributed by atoms with Gasteiger partial charge in [-0.3, -0.25) is 4.98 Å². The normalized spacial score (nSPS) is 9.42. The summed E-state index contributed by atoms with van der Waals surface area (Å²) < 4.78 is 0. The summed E-state index contributed by atoms with van der Waals surface area (Å²) in [5, 5.41) is 8.53. The van der Waals surface area contributed by atoms with Crippen LogP contribution in [0, 0.1) is 18.3 Å². The molecule has 0 aliphatic rings. The van der Waals surface area contributed by atoms with Crippen molar-refractivity contribution in [2.45, 2.75) is 26.7 Å². The van der Waals surface area contributed by atoms with Crippen molar-refractivity contribution in [1.82, 2.24) is 4.98 Å². The first-order valence-corrected chi connectivity index (χ1v) is 4.09. The monoisotopic (exact) mass is 160 g/mol. The lowest BCUT2D eigenvalue weighted by Crippen LogP contribution is -1.95. The summed E-state index contributed by atoms with van der Waals surface area (Å²) in [6.45, 7) is 4.15. The highest BCUT2D eigenvalue weighted by Gasteiger charge is 2.01. The van der Waals surface area contributed by atoms with Gasteiger partial charge in [0.2, 0.25) is 0 Å². The Morgan fingerprint density at radius 1 is 1.42 bits per heavy atom. The van der Waals surface area contributed by atoms with Gasteiger partial charge >= 0.3 is 0 Å². The van der Waals surface area contributed by atoms with Gasteiger partial charge in [0.25, 0.3) is 0 Å². The molecule has 0 aliphatic heterocycles. The largest absolute Gasteiger partial charge is 0.264 e. The van der Waals surface area contributed by atoms with E-state index in [2.05, 4.69) is 18.0 Å². The molecule has 1 rings (SSSR count). The Kier molecular flexibility index (Phi) is 2.82. The smallest absolute Gasteiger partial charge is 0.0670 e. The third kappa shape index (κ3) is 1.62. The summed E-state index contributed by atoms with van der Waals surface area (Å²) in [6.07, 6.45) is 5.10. The van der Waals surface area contributed by atoms with Crippen molar-refractivity contribution in [3.63, 3.8) is 0 Å². The first-order chi connectivity index (χ1) is 5.79. The molecule has 1 aromatic heterocycles. The Morgan fingerprint density at radius 3 is 2.67 bits per heavy atom. The minimum atomic E-state index is 0.465. The maximum atomic E-state index is 8.53. The summed E-state index contributed by atoms with van der Waals surface area (Å²) in [4.78, 5) is 4.08. The highest BCUT2D eigenvalue weighted by molar-refractivity contribution is 5.32. The Morgan fingerprint density at radius 2 is 2.08 bits per heavy atom. The van der Waals surface area contributed by atoms with Crippen molar-refractivity contribution in [3.05, 3.63) is 29.1 Å². The van der Waals surface area contributed by atoms with E-state index in [1.165, 1.54) is 11.1 Å². The lowest BCUT2D eigenvalue weighted by atomic mass is 10.0. The van der Waals surface area contributed by atoms with Crippen LogP contribution in [0.2, 0.25) is 0 Å². The highest BCUT2D eigenvalue weighted by atomic mass is 14.6. The van der Waals surface area contributed by atoms with E-state index in [-0.39, 0.29) is 0 Å². The van der Waals surface area contributed by atoms with Crippen molar-refractivity contribution in [2.24, 2.45) is 0 Å². The standard InChI is InChI=1S/C10H12N2/c1-3-9-6-12-7-10(4-5-11)8(9)2/h6-7H,3-4H2,1-2H3. The van der Waals surface area contributed by atoms with Crippen LogP contribution in [0.25, 0.3) is 0 Å². The zero-order valence-electron chi connectivity index (χ0n) is 7.46. The van der Waals surface area contributed by atoms with Crippen LogP contribution in [-0.4, -0.2) is 4.98 Å². The zero-order valence-corrected chi connectivity index (χ0v) is 7.46. The molecular formula is C10H12N2. The first-order valence-electron chi connectivity index (χ1n) is 4.09. The molecule has 0 bridgehead atoms. The number of hydrogen-bond donors (Lipinski definition) is 0. The van der Waals surface area contributed by atoms with Gasteiger partial charge in [-0.2, -0.15) is 5.26 Å². The second-order valence-electron chi connectivity index (χ2n) is 2.77. The number of nitriles is 1. The summed E-state index contributed by atoms with van der Waals surface area (Å²) in [6, 6.07) is 2.14. The Balaban J connectivity index is 3.07. The predicted octanol–water partition coefficient (Wildman–Crippen LogP) is 2.02. The average molecular weight is 160 g/mol. The molecule has 0 atom stereocenters. The Hall–Kier alpha value is -1.36. The number of aromatic nitrogens is 1. The zero-order chi connectivity index (χ0) is 8.97. The van der Waals surface area contributed by atoms with Crippen molar-refractivity contribution in [2.75, 3.05) is 0 Å². The molecule has 12 heavy (non-hydrogen) atoms. The van der Waals surface area contributed by atoms with E-state index >= 15 is 0 Å². The topological polar surface area (TPSA) is 36.7 Å². The fourth-order valence-electron chi connectivity index (χ4n) is 1.24. The van der Waals surface area contributed by atoms with Gasteiger partial charge in [0, 0.05) is 12.4 Å². The number of hydrogen-bond acceptors (Lipinski definition) is 2. The van der Waals surface area contributed by atoms with Crippen LogP contribution in [0.15, 0.2) is 12.4 Å². The maximum Gasteiger partial charge on any atom is 0.0670 e. The van der Waals surface area contributed by atoms with Crippen LogP contribution in [0.5, 0.6) is 0 Å². The van der Waals surface area contributed by atoms with Crippen LogP contribution >= 0.6 is 0 Å². The molecular weight excluding hydrogens is 148 g/mol. The van der Waals surface area contributed by atoms with Gasteiger partial charge in [-0.05, 0) is 30.0 Å². The molecule has 0 aliphatic carbocycles. The minimum absolute atomic E-state index is 0.465. The molecule has 0 radical (unpaired) electrons. The minimum Gasteiger partial charge on any atom is -0.264 e. The maximum absolute atomic E-state index is 8.53. The molecule has 0 saturated carbocycles. The van der Waals surface area contributed by atoms with E-state index in [9.17, 15) is 0 Å². The van der Waals surface area contributed by atoms with Gasteiger partial charge in [-0.1, -0.05) is 6.92 Å². The number of aryl methyl sites for hydroxylation is 1. The summed E-state index contributed by atoms with van der Waals surface area (Å²) in [7, 11) is 0. The van der Waals surface area contributed by atoms with Gasteiger partial charge in [0.05, 0.1) is 12.5 Å². The molecule has 1 aromatic rings. The Bertz CT molecular complexity index is 310. The van der Waals surface area contributed by atoms with Crippen molar-refractivity contribution < 1.29 is 0 Å². The predicted molar refractivity (Wildman–Crippen MR) is 47.7 cm³/mol. The SMILES string of the molecule is CCc1cncc(CC#N)c1C. The molecule has 0 saturated heterocycles. The van der Waals surface area contributed by atoms with Gasteiger partial charge in [-0.25, -0.2) is 0 Å². The lowest BCUT2D eigenvalue weighted by molar-refractivity contribution is 1.04.